The van der Waals surface area contributed by atoms with Crippen molar-refractivity contribution in [2.75, 3.05) is 18.5 Å². The van der Waals surface area contributed by atoms with E-state index < -0.39 is 13.0 Å². The summed E-state index contributed by atoms with van der Waals surface area (Å²) in [6.07, 6.45) is 3.27. The highest BCUT2D eigenvalue weighted by atomic mass is 127. The first kappa shape index (κ1) is 19.0. The number of hydrogen-bond acceptors (Lipinski definition) is 5. The number of anilines is 1. The van der Waals surface area contributed by atoms with E-state index in [-0.39, 0.29) is 0 Å². The molecule has 0 amide bonds. The molecule has 0 saturated heterocycles. The number of carbonyl (C=O) groups is 1. The van der Waals surface area contributed by atoms with E-state index in [1.807, 2.05) is 17.8 Å². The lowest BCUT2D eigenvalue weighted by atomic mass is 9.84. The molecule has 5 nitrogen and oxygen atoms in total. The third kappa shape index (κ3) is 3.84. The molecule has 2 aromatic rings. The van der Waals surface area contributed by atoms with Gasteiger partial charge in [-0.05, 0) is 54.0 Å². The van der Waals surface area contributed by atoms with Gasteiger partial charge in [-0.1, -0.05) is 17.7 Å². The van der Waals surface area contributed by atoms with Crippen LogP contribution in [0.25, 0.3) is 10.9 Å². The fourth-order valence-electron chi connectivity index (χ4n) is 2.47. The zero-order valence-electron chi connectivity index (χ0n) is 13.6. The number of esters is 1. The van der Waals surface area contributed by atoms with E-state index in [9.17, 15) is 9.82 Å². The smallest absolute Gasteiger partial charge is 0.409 e. The summed E-state index contributed by atoms with van der Waals surface area (Å²) >= 11 is 7.83. The lowest BCUT2D eigenvalue weighted by Gasteiger charge is -2.27. The minimum Gasteiger partial charge on any atom is -0.465 e. The van der Waals surface area contributed by atoms with Crippen molar-refractivity contribution < 1.29 is 14.6 Å². The van der Waals surface area contributed by atoms with Crippen LogP contribution >= 0.6 is 34.2 Å². The Morgan fingerprint density at radius 1 is 1.54 bits per heavy atom. The average molecular weight is 458 g/mol. The van der Waals surface area contributed by atoms with Crippen molar-refractivity contribution in [3.8, 4) is 0 Å². The van der Waals surface area contributed by atoms with Crippen LogP contribution in [0.5, 0.6) is 0 Å². The normalized spacial score (nSPS) is 11.1. The quantitative estimate of drug-likeness (QED) is 0.422. The molecule has 24 heavy (non-hydrogen) atoms. The first-order valence-electron chi connectivity index (χ1n) is 7.27. The molecule has 126 valence electrons. The van der Waals surface area contributed by atoms with Gasteiger partial charge in [-0.3, -0.25) is 4.98 Å². The molecule has 0 radical (unpaired) electrons. The van der Waals surface area contributed by atoms with Crippen molar-refractivity contribution in [2.45, 2.75) is 13.7 Å². The van der Waals surface area contributed by atoms with Gasteiger partial charge in [-0.25, -0.2) is 4.79 Å². The van der Waals surface area contributed by atoms with Crippen molar-refractivity contribution in [3.05, 3.63) is 44.6 Å². The van der Waals surface area contributed by atoms with Crippen molar-refractivity contribution >= 4 is 63.8 Å². The van der Waals surface area contributed by atoms with Crippen LogP contribution in [0.1, 0.15) is 15.9 Å². The lowest BCUT2D eigenvalue weighted by Crippen LogP contribution is -2.38. The Kier molecular flexibility index (Phi) is 6.48. The monoisotopic (exact) mass is 458 g/mol. The maximum Gasteiger partial charge on any atom is 0.409 e. The number of halogens is 2. The van der Waals surface area contributed by atoms with E-state index in [1.165, 1.54) is 18.8 Å². The molecule has 8 heteroatoms. The van der Waals surface area contributed by atoms with Gasteiger partial charge in [0.05, 0.1) is 18.2 Å². The average Bonchev–Trinajstić information content (AvgIpc) is 2.57. The minimum atomic E-state index is -0.694. The summed E-state index contributed by atoms with van der Waals surface area (Å²) in [4.78, 5) is 18.0. The van der Waals surface area contributed by atoms with Gasteiger partial charge in [0, 0.05) is 32.9 Å². The minimum absolute atomic E-state index is 0.392. The molecule has 0 bridgehead atoms. The first-order chi connectivity index (χ1) is 11.4. The highest BCUT2D eigenvalue weighted by Crippen LogP contribution is 2.33. The molecular weight excluding hydrogens is 441 g/mol. The second-order valence-corrected chi connectivity index (χ2v) is 6.61. The number of pyridine rings is 1. The predicted molar refractivity (Wildman–Crippen MR) is 107 cm³/mol. The fraction of sp³-hybridized carbons (Fsp3) is 0.250. The van der Waals surface area contributed by atoms with Gasteiger partial charge in [-0.15, -0.1) is 0 Å². The topological polar surface area (TPSA) is 62.7 Å². The number of benzene rings is 1. The summed E-state index contributed by atoms with van der Waals surface area (Å²) in [6, 6.07) is 3.74. The number of fused-ring (bicyclic) bond motifs is 1. The molecule has 1 heterocycles. The SMILES string of the molecule is COC(=O)c1cnc2c(C)cc(N(C/C=C/Cl)B(C)O)c(I)c2c1. The number of ether oxygens (including phenoxy) is 1. The van der Waals surface area contributed by atoms with Gasteiger partial charge in [0.15, 0.2) is 0 Å². The van der Waals surface area contributed by atoms with E-state index in [4.69, 9.17) is 16.3 Å². The summed E-state index contributed by atoms with van der Waals surface area (Å²) in [7, 11) is 0.646. The Labute approximate surface area is 159 Å². The van der Waals surface area contributed by atoms with Gasteiger partial charge in [0.2, 0.25) is 0 Å². The number of carbonyl (C=O) groups excluding carboxylic acids is 1. The fourth-order valence-corrected chi connectivity index (χ4v) is 3.42. The van der Waals surface area contributed by atoms with Crippen LogP contribution in [0.15, 0.2) is 29.9 Å². The first-order valence-corrected chi connectivity index (χ1v) is 8.79. The molecule has 1 N–H and O–H groups in total. The number of hydrogen-bond donors (Lipinski definition) is 1. The molecule has 0 atom stereocenters. The molecule has 0 spiro atoms. The van der Waals surface area contributed by atoms with Crippen molar-refractivity contribution in [2.24, 2.45) is 0 Å². The van der Waals surface area contributed by atoms with E-state index in [0.29, 0.717) is 12.1 Å². The summed E-state index contributed by atoms with van der Waals surface area (Å²) < 4.78 is 5.67. The Balaban J connectivity index is 2.67. The second kappa shape index (κ2) is 8.18. The molecule has 0 saturated carbocycles. The van der Waals surface area contributed by atoms with E-state index in [2.05, 4.69) is 27.6 Å². The highest BCUT2D eigenvalue weighted by Gasteiger charge is 2.21. The maximum absolute atomic E-state index is 11.8. The third-order valence-electron chi connectivity index (χ3n) is 3.65. The molecule has 0 unspecified atom stereocenters. The number of aromatic nitrogens is 1. The van der Waals surface area contributed by atoms with E-state index >= 15 is 0 Å². The highest BCUT2D eigenvalue weighted by molar-refractivity contribution is 14.1. The Hall–Kier alpha value is -1.32. The summed E-state index contributed by atoms with van der Waals surface area (Å²) in [5, 5.41) is 11.0. The van der Waals surface area contributed by atoms with Crippen LogP contribution in [0.3, 0.4) is 0 Å². The molecule has 0 fully saturated rings. The third-order valence-corrected chi connectivity index (χ3v) is 4.96. The van der Waals surface area contributed by atoms with Gasteiger partial charge in [0.25, 0.3) is 0 Å². The maximum atomic E-state index is 11.8. The van der Waals surface area contributed by atoms with Gasteiger partial charge < -0.3 is 14.6 Å². The summed E-state index contributed by atoms with van der Waals surface area (Å²) in [5.74, 6) is -0.430. The molecule has 1 aromatic carbocycles. The zero-order valence-corrected chi connectivity index (χ0v) is 16.5. The predicted octanol–water partition coefficient (Wildman–Crippen LogP) is 3.60. The van der Waals surface area contributed by atoms with E-state index in [0.717, 1.165) is 25.7 Å². The van der Waals surface area contributed by atoms with Gasteiger partial charge >= 0.3 is 13.0 Å². The molecule has 2 rings (SSSR count). The lowest BCUT2D eigenvalue weighted by molar-refractivity contribution is 0.0600. The summed E-state index contributed by atoms with van der Waals surface area (Å²) in [6.45, 7) is 4.11. The van der Waals surface area contributed by atoms with Crippen LogP contribution in [-0.4, -0.2) is 36.7 Å². The number of methoxy groups -OCH3 is 1. The van der Waals surface area contributed by atoms with Crippen molar-refractivity contribution in [3.63, 3.8) is 0 Å². The number of aryl methyl sites for hydroxylation is 1. The zero-order chi connectivity index (χ0) is 17.9. The Morgan fingerprint density at radius 2 is 2.25 bits per heavy atom. The standard InChI is InChI=1S/C16H17BClIN2O3/c1-10-7-13(21(17(2)23)6-4-5-18)14(19)12-8-11(16(22)24-3)9-20-15(10)12/h4-5,7-9,23H,6H2,1-3H3/b5-4+. The molecule has 0 aliphatic heterocycles. The van der Waals surface area contributed by atoms with Crippen LogP contribution in [0, 0.1) is 10.5 Å². The Bertz CT molecular complexity index is 798. The Morgan fingerprint density at radius 3 is 2.83 bits per heavy atom. The van der Waals surface area contributed by atoms with Gasteiger partial charge in [-0.2, -0.15) is 0 Å². The van der Waals surface area contributed by atoms with Crippen molar-refractivity contribution in [1.29, 1.82) is 0 Å². The van der Waals surface area contributed by atoms with Crippen LogP contribution in [0.2, 0.25) is 6.82 Å². The second-order valence-electron chi connectivity index (χ2n) is 5.28. The number of rotatable bonds is 5. The molecule has 0 aliphatic carbocycles. The van der Waals surface area contributed by atoms with Gasteiger partial charge in [0.1, 0.15) is 0 Å². The van der Waals surface area contributed by atoms with Crippen molar-refractivity contribution in [1.82, 2.24) is 4.98 Å². The van der Waals surface area contributed by atoms with Crippen LogP contribution in [0.4, 0.5) is 5.69 Å². The molecule has 0 aliphatic rings. The molecule has 1 aromatic heterocycles. The molecular formula is C16H17BClIN2O3. The number of nitrogens with zero attached hydrogens (tertiary/aromatic N) is 2. The van der Waals surface area contributed by atoms with E-state index in [1.54, 1.807) is 19.0 Å². The van der Waals surface area contributed by atoms with Crippen LogP contribution < -0.4 is 4.81 Å². The van der Waals surface area contributed by atoms with Crippen LogP contribution in [-0.2, 0) is 4.74 Å². The largest absolute Gasteiger partial charge is 0.465 e. The summed E-state index contributed by atoms with van der Waals surface area (Å²) in [5.41, 5.74) is 4.44.